The van der Waals surface area contributed by atoms with Gasteiger partial charge in [0.25, 0.3) is 0 Å². The van der Waals surface area contributed by atoms with Crippen molar-refractivity contribution in [1.29, 1.82) is 0 Å². The van der Waals surface area contributed by atoms with E-state index in [-0.39, 0.29) is 5.92 Å². The van der Waals surface area contributed by atoms with Gasteiger partial charge in [0.2, 0.25) is 0 Å². The van der Waals surface area contributed by atoms with Crippen molar-refractivity contribution in [1.82, 2.24) is 13.7 Å². The van der Waals surface area contributed by atoms with E-state index in [0.717, 1.165) is 58.2 Å². The number of halogens is 3. The fraction of sp³-hybridized carbons (Fsp3) is 0.351. The molecule has 3 aromatic carbocycles. The molecule has 3 nitrogen and oxygen atoms in total. The van der Waals surface area contributed by atoms with Crippen LogP contribution in [0.5, 0.6) is 0 Å². The van der Waals surface area contributed by atoms with Gasteiger partial charge in [-0.15, -0.1) is 34.8 Å². The number of rotatable bonds is 15. The summed E-state index contributed by atoms with van der Waals surface area (Å²) in [4.78, 5) is 0. The van der Waals surface area contributed by atoms with Crippen LogP contribution in [-0.4, -0.2) is 31.3 Å². The molecule has 0 fully saturated rings. The van der Waals surface area contributed by atoms with Crippen LogP contribution < -0.4 is 0 Å². The maximum absolute atomic E-state index is 6.08. The Morgan fingerprint density at radius 2 is 0.721 bits per heavy atom. The van der Waals surface area contributed by atoms with E-state index in [0.29, 0.717) is 17.6 Å². The third kappa shape index (κ3) is 6.23. The van der Waals surface area contributed by atoms with E-state index in [2.05, 4.69) is 105 Å². The van der Waals surface area contributed by atoms with Crippen molar-refractivity contribution in [3.05, 3.63) is 108 Å². The van der Waals surface area contributed by atoms with E-state index in [1.54, 1.807) is 0 Å². The lowest BCUT2D eigenvalue weighted by molar-refractivity contribution is 0.645. The molecule has 6 aromatic rings. The molecule has 0 bridgehead atoms. The molecule has 3 heterocycles. The van der Waals surface area contributed by atoms with E-state index in [4.69, 9.17) is 34.8 Å². The van der Waals surface area contributed by atoms with Crippen LogP contribution in [0.3, 0.4) is 0 Å². The van der Waals surface area contributed by atoms with E-state index in [9.17, 15) is 0 Å². The smallest absolute Gasteiger partial charge is 0.0483 e. The van der Waals surface area contributed by atoms with Gasteiger partial charge in [0.15, 0.2) is 0 Å². The Morgan fingerprint density at radius 3 is 1.02 bits per heavy atom. The number of hydrogen-bond donors (Lipinski definition) is 0. The molecule has 6 rings (SSSR count). The Hall–Kier alpha value is -2.85. The van der Waals surface area contributed by atoms with Crippen LogP contribution in [0, 0.1) is 0 Å². The lowest BCUT2D eigenvalue weighted by Gasteiger charge is -2.17. The van der Waals surface area contributed by atoms with Crippen LogP contribution in [0.15, 0.2) is 91.4 Å². The number of fused-ring (bicyclic) bond motifs is 3. The van der Waals surface area contributed by atoms with Gasteiger partial charge in [-0.05, 0) is 73.4 Å². The minimum atomic E-state index is 0.0672. The Labute approximate surface area is 270 Å². The number of alkyl halides is 3. The third-order valence-corrected chi connectivity index (χ3v) is 9.54. The quantitative estimate of drug-likeness (QED) is 0.0790. The summed E-state index contributed by atoms with van der Waals surface area (Å²) in [7, 11) is 0. The molecule has 0 aliphatic carbocycles. The van der Waals surface area contributed by atoms with Crippen molar-refractivity contribution in [2.75, 3.05) is 17.6 Å². The molecule has 0 unspecified atom stereocenters. The Bertz CT molecular complexity index is 1580. The van der Waals surface area contributed by atoms with Gasteiger partial charge in [-0.1, -0.05) is 54.6 Å². The average molecular weight is 633 g/mol. The van der Waals surface area contributed by atoms with Crippen molar-refractivity contribution in [3.8, 4) is 0 Å². The van der Waals surface area contributed by atoms with Gasteiger partial charge in [0.1, 0.15) is 0 Å². The molecule has 3 aromatic heterocycles. The van der Waals surface area contributed by atoms with E-state index < -0.39 is 0 Å². The first-order chi connectivity index (χ1) is 21.2. The zero-order chi connectivity index (χ0) is 29.6. The number of aryl methyl sites for hydroxylation is 3. The van der Waals surface area contributed by atoms with Gasteiger partial charge in [0, 0.05) is 94.5 Å². The fourth-order valence-corrected chi connectivity index (χ4v) is 7.27. The minimum Gasteiger partial charge on any atom is -0.347 e. The molecule has 0 N–H and O–H groups in total. The third-order valence-electron chi connectivity index (χ3n) is 8.74. The zero-order valence-corrected chi connectivity index (χ0v) is 27.0. The maximum atomic E-state index is 6.08. The Balaban J connectivity index is 1.59. The average Bonchev–Trinajstić information content (AvgIpc) is 3.71. The SMILES string of the molecule is ClCCCCn1cc(C(c2cn(CCCCCl)c3ccccc23)c2cn(CCCCCl)c3ccccc23)c2ccccc21. The van der Waals surface area contributed by atoms with Gasteiger partial charge >= 0.3 is 0 Å². The summed E-state index contributed by atoms with van der Waals surface area (Å²) in [5.41, 5.74) is 7.92. The molecule has 0 aliphatic rings. The molecule has 0 radical (unpaired) electrons. The molecule has 0 saturated heterocycles. The van der Waals surface area contributed by atoms with Crippen molar-refractivity contribution in [3.63, 3.8) is 0 Å². The molecule has 0 aliphatic heterocycles. The molecular weight excluding hydrogens is 593 g/mol. The molecular formula is C37H40Cl3N3. The second-order valence-corrected chi connectivity index (χ2v) is 12.6. The van der Waals surface area contributed by atoms with E-state index in [1.165, 1.54) is 49.4 Å². The zero-order valence-electron chi connectivity index (χ0n) is 24.7. The van der Waals surface area contributed by atoms with E-state index in [1.807, 2.05) is 0 Å². The van der Waals surface area contributed by atoms with Crippen LogP contribution in [0.2, 0.25) is 0 Å². The van der Waals surface area contributed by atoms with Gasteiger partial charge in [-0.3, -0.25) is 0 Å². The van der Waals surface area contributed by atoms with Crippen molar-refractivity contribution < 1.29 is 0 Å². The predicted molar refractivity (Wildman–Crippen MR) is 187 cm³/mol. The number of benzene rings is 3. The topological polar surface area (TPSA) is 14.8 Å². The lowest BCUT2D eigenvalue weighted by Crippen LogP contribution is -2.04. The Morgan fingerprint density at radius 1 is 0.419 bits per heavy atom. The molecule has 43 heavy (non-hydrogen) atoms. The summed E-state index contributed by atoms with van der Waals surface area (Å²) in [6, 6.07) is 26.7. The van der Waals surface area contributed by atoms with Crippen LogP contribution in [0.25, 0.3) is 32.7 Å². The first-order valence-corrected chi connectivity index (χ1v) is 17.3. The molecule has 224 valence electrons. The summed E-state index contributed by atoms with van der Waals surface area (Å²) in [5, 5.41) is 3.95. The van der Waals surface area contributed by atoms with Gasteiger partial charge in [-0.25, -0.2) is 0 Å². The first kappa shape index (κ1) is 30.2. The highest BCUT2D eigenvalue weighted by molar-refractivity contribution is 6.18. The van der Waals surface area contributed by atoms with Gasteiger partial charge < -0.3 is 13.7 Å². The number of aromatic nitrogens is 3. The second kappa shape index (κ2) is 14.3. The normalized spacial score (nSPS) is 12.0. The Kier molecular flexibility index (Phi) is 10.0. The number of nitrogens with zero attached hydrogens (tertiary/aromatic N) is 3. The maximum Gasteiger partial charge on any atom is 0.0483 e. The molecule has 0 atom stereocenters. The highest BCUT2D eigenvalue weighted by Gasteiger charge is 2.28. The summed E-state index contributed by atoms with van der Waals surface area (Å²) in [6.07, 6.45) is 13.5. The largest absolute Gasteiger partial charge is 0.347 e. The van der Waals surface area contributed by atoms with Crippen molar-refractivity contribution >= 4 is 67.5 Å². The van der Waals surface area contributed by atoms with Crippen LogP contribution in [-0.2, 0) is 19.6 Å². The van der Waals surface area contributed by atoms with Gasteiger partial charge in [0.05, 0.1) is 0 Å². The van der Waals surface area contributed by atoms with Gasteiger partial charge in [-0.2, -0.15) is 0 Å². The number of unbranched alkanes of at least 4 members (excludes halogenated alkanes) is 3. The molecule has 0 amide bonds. The first-order valence-electron chi connectivity index (χ1n) is 15.7. The summed E-state index contributed by atoms with van der Waals surface area (Å²) < 4.78 is 7.34. The van der Waals surface area contributed by atoms with Crippen LogP contribution in [0.4, 0.5) is 0 Å². The number of hydrogen-bond acceptors (Lipinski definition) is 0. The minimum absolute atomic E-state index is 0.0672. The van der Waals surface area contributed by atoms with Crippen LogP contribution >= 0.6 is 34.8 Å². The highest BCUT2D eigenvalue weighted by Crippen LogP contribution is 2.44. The van der Waals surface area contributed by atoms with Crippen LogP contribution in [0.1, 0.15) is 61.1 Å². The summed E-state index contributed by atoms with van der Waals surface area (Å²) >= 11 is 18.2. The second-order valence-electron chi connectivity index (χ2n) is 11.5. The molecule has 6 heteroatoms. The van der Waals surface area contributed by atoms with E-state index >= 15 is 0 Å². The number of para-hydroxylation sites is 3. The lowest BCUT2D eigenvalue weighted by atomic mass is 9.84. The fourth-order valence-electron chi connectivity index (χ4n) is 6.70. The monoisotopic (exact) mass is 631 g/mol. The highest BCUT2D eigenvalue weighted by atomic mass is 35.5. The molecule has 0 saturated carbocycles. The van der Waals surface area contributed by atoms with Crippen molar-refractivity contribution in [2.45, 2.75) is 64.1 Å². The standard InChI is InChI=1S/C37H40Cl3N3/c38-19-7-10-22-41-25-31(28-13-1-4-16-34(28)41)37(32-26-42(23-11-8-20-39)35-17-5-2-14-29(32)35)33-27-43(24-12-9-21-40)36-18-6-3-15-30(33)36/h1-6,13-18,25-27,37H,7-12,19-24H2. The summed E-state index contributed by atoms with van der Waals surface area (Å²) in [6.45, 7) is 2.88. The predicted octanol–water partition coefficient (Wildman–Crippen LogP) is 10.8. The summed E-state index contributed by atoms with van der Waals surface area (Å²) in [5.74, 6) is 2.15. The molecule has 0 spiro atoms. The van der Waals surface area contributed by atoms with Crippen molar-refractivity contribution in [2.24, 2.45) is 0 Å².